The second kappa shape index (κ2) is 5.15. The Morgan fingerprint density at radius 3 is 2.90 bits per heavy atom. The molecule has 100 valence electrons. The van der Waals surface area contributed by atoms with E-state index in [2.05, 4.69) is 4.98 Å². The van der Waals surface area contributed by atoms with Gasteiger partial charge in [-0.15, -0.1) is 0 Å². The van der Waals surface area contributed by atoms with Crippen LogP contribution in [0.5, 0.6) is 0 Å². The molecule has 0 radical (unpaired) electrons. The van der Waals surface area contributed by atoms with Crippen LogP contribution in [-0.2, 0) is 6.54 Å². The number of nitrogens with zero attached hydrogens (tertiary/aromatic N) is 4. The molecule has 20 heavy (non-hydrogen) atoms. The fraction of sp³-hybridized carbons (Fsp3) is 0.0909. The highest BCUT2D eigenvalue weighted by molar-refractivity contribution is 5.26. The number of nitro groups is 1. The van der Waals surface area contributed by atoms with Crippen molar-refractivity contribution in [1.82, 2.24) is 14.5 Å². The molecule has 0 aliphatic heterocycles. The Bertz CT molecular complexity index is 830. The van der Waals surface area contributed by atoms with Gasteiger partial charge in [0.25, 0.3) is 0 Å². The molecule has 2 aromatic heterocycles. The Kier molecular flexibility index (Phi) is 3.39. The van der Waals surface area contributed by atoms with Gasteiger partial charge in [0.2, 0.25) is 0 Å². The molecule has 2 aromatic rings. The molecular formula is C11H7N5O4. The highest BCUT2D eigenvalue weighted by atomic mass is 16.6. The van der Waals surface area contributed by atoms with Gasteiger partial charge in [-0.25, -0.2) is 9.78 Å². The molecule has 1 N–H and O–H groups in total. The predicted octanol–water partition coefficient (Wildman–Crippen LogP) is -0.240. The van der Waals surface area contributed by atoms with Crippen molar-refractivity contribution in [3.8, 4) is 6.07 Å². The first-order valence-corrected chi connectivity index (χ1v) is 5.34. The highest BCUT2D eigenvalue weighted by Crippen LogP contribution is 2.05. The molecule has 9 nitrogen and oxygen atoms in total. The summed E-state index contributed by atoms with van der Waals surface area (Å²) in [6, 6.07) is 4.85. The van der Waals surface area contributed by atoms with Crippen molar-refractivity contribution in [3.05, 3.63) is 66.7 Å². The molecule has 0 spiro atoms. The van der Waals surface area contributed by atoms with Crippen molar-refractivity contribution in [2.45, 2.75) is 6.54 Å². The molecule has 0 unspecified atom stereocenters. The van der Waals surface area contributed by atoms with Gasteiger partial charge in [0.15, 0.2) is 0 Å². The molecule has 0 amide bonds. The van der Waals surface area contributed by atoms with E-state index >= 15 is 0 Å². The first kappa shape index (κ1) is 13.2. The Hall–Kier alpha value is -3.28. The highest BCUT2D eigenvalue weighted by Gasteiger charge is 2.14. The van der Waals surface area contributed by atoms with Crippen LogP contribution < -0.4 is 11.2 Å². The monoisotopic (exact) mass is 273 g/mol. The summed E-state index contributed by atoms with van der Waals surface area (Å²) < 4.78 is 0.982. The zero-order valence-corrected chi connectivity index (χ0v) is 9.94. The van der Waals surface area contributed by atoms with Gasteiger partial charge in [0.05, 0.1) is 17.7 Å². The zero-order chi connectivity index (χ0) is 14.7. The number of H-pyrrole nitrogens is 1. The van der Waals surface area contributed by atoms with E-state index in [4.69, 9.17) is 5.26 Å². The van der Waals surface area contributed by atoms with Crippen molar-refractivity contribution in [1.29, 1.82) is 5.26 Å². The molecule has 0 bridgehead atoms. The Morgan fingerprint density at radius 2 is 2.25 bits per heavy atom. The normalized spacial score (nSPS) is 9.95. The lowest BCUT2D eigenvalue weighted by molar-refractivity contribution is -0.386. The number of aromatic amines is 1. The molecule has 0 aliphatic carbocycles. The summed E-state index contributed by atoms with van der Waals surface area (Å²) in [6.45, 7) is -0.0202. The lowest BCUT2D eigenvalue weighted by Crippen LogP contribution is -2.31. The maximum atomic E-state index is 11.6. The number of rotatable bonds is 3. The lowest BCUT2D eigenvalue weighted by Gasteiger charge is -2.04. The minimum absolute atomic E-state index is 0.0202. The standard InChI is InChI=1S/C11H7N5O4/c12-4-8-3-7(1-2-13-8)5-15-6-9(16(19)20)10(17)14-11(15)18/h1-3,6H,5H2,(H,14,17,18). The molecule has 0 aromatic carbocycles. The van der Waals surface area contributed by atoms with E-state index in [-0.39, 0.29) is 12.2 Å². The first-order valence-electron chi connectivity index (χ1n) is 5.34. The van der Waals surface area contributed by atoms with Crippen LogP contribution in [0.1, 0.15) is 11.3 Å². The third-order valence-corrected chi connectivity index (χ3v) is 2.48. The van der Waals surface area contributed by atoms with Crippen LogP contribution in [0, 0.1) is 21.4 Å². The van der Waals surface area contributed by atoms with Crippen LogP contribution in [0.15, 0.2) is 34.1 Å². The summed E-state index contributed by atoms with van der Waals surface area (Å²) >= 11 is 0. The summed E-state index contributed by atoms with van der Waals surface area (Å²) in [5.41, 5.74) is -1.83. The largest absolute Gasteiger partial charge is 0.350 e. The molecular weight excluding hydrogens is 266 g/mol. The van der Waals surface area contributed by atoms with Gasteiger partial charge < -0.3 is 0 Å². The Morgan fingerprint density at radius 1 is 1.50 bits per heavy atom. The number of aromatic nitrogens is 3. The average molecular weight is 273 g/mol. The van der Waals surface area contributed by atoms with E-state index < -0.39 is 21.9 Å². The summed E-state index contributed by atoms with van der Waals surface area (Å²) in [4.78, 5) is 38.2. The van der Waals surface area contributed by atoms with Crippen LogP contribution in [0.4, 0.5) is 5.69 Å². The molecule has 0 fully saturated rings. The van der Waals surface area contributed by atoms with Gasteiger partial charge in [0, 0.05) is 6.20 Å². The average Bonchev–Trinajstić information content (AvgIpc) is 2.41. The van der Waals surface area contributed by atoms with E-state index in [1.165, 1.54) is 12.3 Å². The van der Waals surface area contributed by atoms with Gasteiger partial charge >= 0.3 is 16.9 Å². The summed E-state index contributed by atoms with van der Waals surface area (Å²) in [6.07, 6.45) is 2.26. The number of hydrogen-bond donors (Lipinski definition) is 1. The predicted molar refractivity (Wildman–Crippen MR) is 66.0 cm³/mol. The third-order valence-electron chi connectivity index (χ3n) is 2.48. The van der Waals surface area contributed by atoms with Crippen molar-refractivity contribution in [3.63, 3.8) is 0 Å². The van der Waals surface area contributed by atoms with Crippen molar-refractivity contribution < 1.29 is 4.92 Å². The minimum Gasteiger partial charge on any atom is -0.289 e. The quantitative estimate of drug-likeness (QED) is 0.605. The molecule has 0 atom stereocenters. The number of nitrogens with one attached hydrogen (secondary N) is 1. The molecule has 0 aliphatic rings. The maximum absolute atomic E-state index is 11.6. The lowest BCUT2D eigenvalue weighted by atomic mass is 10.2. The van der Waals surface area contributed by atoms with Gasteiger partial charge in [-0.1, -0.05) is 0 Å². The van der Waals surface area contributed by atoms with Crippen LogP contribution >= 0.6 is 0 Å². The fourth-order valence-electron chi connectivity index (χ4n) is 1.58. The van der Waals surface area contributed by atoms with Crippen LogP contribution in [0.2, 0.25) is 0 Å². The molecule has 0 saturated carbocycles. The number of pyridine rings is 1. The van der Waals surface area contributed by atoms with E-state index in [1.54, 1.807) is 6.07 Å². The smallest absolute Gasteiger partial charge is 0.289 e. The molecule has 9 heteroatoms. The van der Waals surface area contributed by atoms with Crippen molar-refractivity contribution in [2.24, 2.45) is 0 Å². The first-order chi connectivity index (χ1) is 9.51. The number of nitriles is 1. The summed E-state index contributed by atoms with van der Waals surface area (Å²) in [7, 11) is 0. The van der Waals surface area contributed by atoms with Gasteiger partial charge in [-0.3, -0.25) is 24.5 Å². The summed E-state index contributed by atoms with van der Waals surface area (Å²) in [5, 5.41) is 19.4. The SMILES string of the molecule is N#Cc1cc(Cn2cc([N+](=O)[O-])c(=O)[nH]c2=O)ccn1. The molecule has 2 heterocycles. The minimum atomic E-state index is -1.05. The van der Waals surface area contributed by atoms with Crippen molar-refractivity contribution >= 4 is 5.69 Å². The number of hydrogen-bond acceptors (Lipinski definition) is 6. The van der Waals surface area contributed by atoms with Crippen LogP contribution in [0.25, 0.3) is 0 Å². The van der Waals surface area contributed by atoms with E-state index in [1.807, 2.05) is 11.1 Å². The molecule has 0 saturated heterocycles. The summed E-state index contributed by atoms with van der Waals surface area (Å²) in [5.74, 6) is 0. The topological polar surface area (TPSA) is 135 Å². The second-order valence-electron chi connectivity index (χ2n) is 3.82. The van der Waals surface area contributed by atoms with Gasteiger partial charge in [0.1, 0.15) is 11.8 Å². The van der Waals surface area contributed by atoms with Crippen molar-refractivity contribution in [2.75, 3.05) is 0 Å². The van der Waals surface area contributed by atoms with Crippen LogP contribution in [-0.4, -0.2) is 19.5 Å². The maximum Gasteiger partial charge on any atom is 0.350 e. The van der Waals surface area contributed by atoms with E-state index in [0.29, 0.717) is 5.56 Å². The zero-order valence-electron chi connectivity index (χ0n) is 9.94. The van der Waals surface area contributed by atoms with E-state index in [9.17, 15) is 19.7 Å². The van der Waals surface area contributed by atoms with Gasteiger partial charge in [-0.05, 0) is 17.7 Å². The third kappa shape index (κ3) is 2.59. The molecule has 2 rings (SSSR count). The van der Waals surface area contributed by atoms with E-state index in [0.717, 1.165) is 10.8 Å². The Labute approximate surface area is 110 Å². The fourth-order valence-corrected chi connectivity index (χ4v) is 1.58. The van der Waals surface area contributed by atoms with Crippen LogP contribution in [0.3, 0.4) is 0 Å². The second-order valence-corrected chi connectivity index (χ2v) is 3.82. The Balaban J connectivity index is 2.46. The van der Waals surface area contributed by atoms with Gasteiger partial charge in [-0.2, -0.15) is 5.26 Å².